The Hall–Kier alpha value is -2.51. The lowest BCUT2D eigenvalue weighted by Crippen LogP contribution is -2.50. The maximum Gasteiger partial charge on any atom is 0.269 e. The number of hydrogen-bond acceptors (Lipinski definition) is 6. The van der Waals surface area contributed by atoms with Gasteiger partial charge in [-0.15, -0.1) is 0 Å². The number of aromatic nitrogens is 1. The van der Waals surface area contributed by atoms with Gasteiger partial charge in [-0.1, -0.05) is 6.07 Å². The van der Waals surface area contributed by atoms with Crippen LogP contribution < -0.4 is 10.2 Å². The third kappa shape index (κ3) is 5.00. The number of rotatable bonds is 7. The predicted molar refractivity (Wildman–Crippen MR) is 102 cm³/mol. The SMILES string of the molecule is CC(CN1CCN(c2ccc([N+](=O)[O-])cc2)CC1)NCc1ccccn1. The number of hydrogen-bond donors (Lipinski definition) is 1. The molecule has 7 heteroatoms. The Morgan fingerprint density at radius 3 is 2.50 bits per heavy atom. The molecular weight excluding hydrogens is 330 g/mol. The fraction of sp³-hybridized carbons (Fsp3) is 0.421. The smallest absolute Gasteiger partial charge is 0.269 e. The standard InChI is InChI=1S/C19H25N5O2/c1-16(21-14-17-4-2-3-9-20-17)15-22-10-12-23(13-11-22)18-5-7-19(8-6-18)24(25)26/h2-9,16,21H,10-15H2,1H3. The molecule has 0 saturated carbocycles. The van der Waals surface area contributed by atoms with E-state index >= 15 is 0 Å². The number of nitro benzene ring substituents is 1. The average Bonchev–Trinajstić information content (AvgIpc) is 2.68. The summed E-state index contributed by atoms with van der Waals surface area (Å²) in [5, 5.41) is 14.3. The predicted octanol–water partition coefficient (Wildman–Crippen LogP) is 2.29. The molecule has 0 aliphatic carbocycles. The monoisotopic (exact) mass is 355 g/mol. The molecule has 0 bridgehead atoms. The number of pyridine rings is 1. The molecular formula is C19H25N5O2. The summed E-state index contributed by atoms with van der Waals surface area (Å²) in [6.45, 7) is 7.84. The Bertz CT molecular complexity index is 700. The van der Waals surface area contributed by atoms with E-state index in [1.807, 2.05) is 36.5 Å². The lowest BCUT2D eigenvalue weighted by Gasteiger charge is -2.37. The molecule has 1 aromatic heterocycles. The normalized spacial score (nSPS) is 16.4. The molecule has 1 fully saturated rings. The first-order valence-corrected chi connectivity index (χ1v) is 8.97. The third-order valence-corrected chi connectivity index (χ3v) is 4.69. The molecule has 1 saturated heterocycles. The molecule has 1 aliphatic heterocycles. The fourth-order valence-electron chi connectivity index (χ4n) is 3.21. The van der Waals surface area contributed by atoms with Crippen molar-refractivity contribution >= 4 is 11.4 Å². The molecule has 0 radical (unpaired) electrons. The number of nitrogens with zero attached hydrogens (tertiary/aromatic N) is 4. The molecule has 3 rings (SSSR count). The summed E-state index contributed by atoms with van der Waals surface area (Å²) in [6.07, 6.45) is 1.82. The molecule has 1 atom stereocenters. The van der Waals surface area contributed by atoms with Crippen LogP contribution in [-0.2, 0) is 6.54 Å². The molecule has 1 N–H and O–H groups in total. The lowest BCUT2D eigenvalue weighted by molar-refractivity contribution is -0.384. The van der Waals surface area contributed by atoms with Gasteiger partial charge in [0.05, 0.1) is 10.6 Å². The van der Waals surface area contributed by atoms with Gasteiger partial charge in [-0.25, -0.2) is 0 Å². The van der Waals surface area contributed by atoms with Crippen molar-refractivity contribution in [1.82, 2.24) is 15.2 Å². The van der Waals surface area contributed by atoms with E-state index in [1.165, 1.54) is 0 Å². The maximum absolute atomic E-state index is 10.8. The van der Waals surface area contributed by atoms with E-state index in [0.717, 1.165) is 50.6 Å². The zero-order chi connectivity index (χ0) is 18.4. The van der Waals surface area contributed by atoms with Gasteiger partial charge in [0.15, 0.2) is 0 Å². The summed E-state index contributed by atoms with van der Waals surface area (Å²) in [6, 6.07) is 13.2. The van der Waals surface area contributed by atoms with E-state index in [0.29, 0.717) is 6.04 Å². The van der Waals surface area contributed by atoms with Crippen LogP contribution in [0, 0.1) is 10.1 Å². The molecule has 0 amide bonds. The number of non-ortho nitro benzene ring substituents is 1. The van der Waals surface area contributed by atoms with Crippen molar-refractivity contribution < 1.29 is 4.92 Å². The molecule has 2 heterocycles. The highest BCUT2D eigenvalue weighted by Crippen LogP contribution is 2.20. The summed E-state index contributed by atoms with van der Waals surface area (Å²) >= 11 is 0. The van der Waals surface area contributed by atoms with Crippen LogP contribution in [0.3, 0.4) is 0 Å². The van der Waals surface area contributed by atoms with Crippen LogP contribution in [0.25, 0.3) is 0 Å². The van der Waals surface area contributed by atoms with Gasteiger partial charge in [0, 0.05) is 69.3 Å². The van der Waals surface area contributed by atoms with E-state index < -0.39 is 0 Å². The highest BCUT2D eigenvalue weighted by atomic mass is 16.6. The molecule has 138 valence electrons. The van der Waals surface area contributed by atoms with Gasteiger partial charge in [-0.2, -0.15) is 0 Å². The zero-order valence-corrected chi connectivity index (χ0v) is 15.0. The first-order chi connectivity index (χ1) is 12.6. The second-order valence-corrected chi connectivity index (χ2v) is 6.66. The van der Waals surface area contributed by atoms with Crippen LogP contribution >= 0.6 is 0 Å². The van der Waals surface area contributed by atoms with Crippen molar-refractivity contribution in [1.29, 1.82) is 0 Å². The molecule has 1 aliphatic rings. The van der Waals surface area contributed by atoms with Gasteiger partial charge in [-0.05, 0) is 31.2 Å². The van der Waals surface area contributed by atoms with Gasteiger partial charge in [-0.3, -0.25) is 20.0 Å². The van der Waals surface area contributed by atoms with Crippen molar-refractivity contribution in [2.45, 2.75) is 19.5 Å². The van der Waals surface area contributed by atoms with Crippen LogP contribution in [0.1, 0.15) is 12.6 Å². The minimum atomic E-state index is -0.360. The molecule has 1 aromatic carbocycles. The van der Waals surface area contributed by atoms with Crippen LogP contribution in [-0.4, -0.2) is 53.6 Å². The van der Waals surface area contributed by atoms with Crippen LogP contribution in [0.15, 0.2) is 48.7 Å². The lowest BCUT2D eigenvalue weighted by atomic mass is 10.2. The van der Waals surface area contributed by atoms with Gasteiger partial charge in [0.25, 0.3) is 5.69 Å². The number of anilines is 1. The largest absolute Gasteiger partial charge is 0.369 e. The first-order valence-electron chi connectivity index (χ1n) is 8.97. The molecule has 1 unspecified atom stereocenters. The Kier molecular flexibility index (Phi) is 6.14. The van der Waals surface area contributed by atoms with Crippen molar-refractivity contribution in [3.05, 3.63) is 64.5 Å². The molecule has 26 heavy (non-hydrogen) atoms. The quantitative estimate of drug-likeness (QED) is 0.607. The third-order valence-electron chi connectivity index (χ3n) is 4.69. The Labute approximate surface area is 153 Å². The van der Waals surface area contributed by atoms with E-state index in [4.69, 9.17) is 0 Å². The van der Waals surface area contributed by atoms with Crippen LogP contribution in [0.4, 0.5) is 11.4 Å². The minimum absolute atomic E-state index is 0.139. The Morgan fingerprint density at radius 1 is 1.15 bits per heavy atom. The van der Waals surface area contributed by atoms with E-state index in [1.54, 1.807) is 12.1 Å². The van der Waals surface area contributed by atoms with E-state index in [2.05, 4.69) is 27.0 Å². The van der Waals surface area contributed by atoms with E-state index in [-0.39, 0.29) is 10.6 Å². The maximum atomic E-state index is 10.8. The van der Waals surface area contributed by atoms with Crippen LogP contribution in [0.2, 0.25) is 0 Å². The van der Waals surface area contributed by atoms with Crippen molar-refractivity contribution in [3.8, 4) is 0 Å². The first kappa shape index (κ1) is 18.3. The summed E-state index contributed by atoms with van der Waals surface area (Å²) in [5.74, 6) is 0. The second-order valence-electron chi connectivity index (χ2n) is 6.66. The van der Waals surface area contributed by atoms with Gasteiger partial charge in [0.1, 0.15) is 0 Å². The number of nitrogens with one attached hydrogen (secondary N) is 1. The fourth-order valence-corrected chi connectivity index (χ4v) is 3.21. The van der Waals surface area contributed by atoms with E-state index in [9.17, 15) is 10.1 Å². The molecule has 7 nitrogen and oxygen atoms in total. The number of nitro groups is 1. The van der Waals surface area contributed by atoms with Crippen molar-refractivity contribution in [3.63, 3.8) is 0 Å². The topological polar surface area (TPSA) is 74.5 Å². The molecule has 0 spiro atoms. The number of piperazine rings is 1. The Balaban J connectivity index is 1.42. The number of benzene rings is 1. The van der Waals surface area contributed by atoms with Crippen molar-refractivity contribution in [2.75, 3.05) is 37.6 Å². The highest BCUT2D eigenvalue weighted by Gasteiger charge is 2.19. The van der Waals surface area contributed by atoms with Gasteiger partial charge >= 0.3 is 0 Å². The van der Waals surface area contributed by atoms with Gasteiger partial charge in [0.2, 0.25) is 0 Å². The Morgan fingerprint density at radius 2 is 1.88 bits per heavy atom. The zero-order valence-electron chi connectivity index (χ0n) is 15.0. The second kappa shape index (κ2) is 8.73. The highest BCUT2D eigenvalue weighted by molar-refractivity contribution is 5.51. The summed E-state index contributed by atoms with van der Waals surface area (Å²) < 4.78 is 0. The summed E-state index contributed by atoms with van der Waals surface area (Å²) in [4.78, 5) is 19.5. The minimum Gasteiger partial charge on any atom is -0.369 e. The van der Waals surface area contributed by atoms with Crippen molar-refractivity contribution in [2.24, 2.45) is 0 Å². The molecule has 2 aromatic rings. The summed E-state index contributed by atoms with van der Waals surface area (Å²) in [5.41, 5.74) is 2.25. The average molecular weight is 355 g/mol. The van der Waals surface area contributed by atoms with Crippen LogP contribution in [0.5, 0.6) is 0 Å². The summed E-state index contributed by atoms with van der Waals surface area (Å²) in [7, 11) is 0. The van der Waals surface area contributed by atoms with Gasteiger partial charge < -0.3 is 10.2 Å².